The third-order valence-corrected chi connectivity index (χ3v) is 5.31. The Labute approximate surface area is 165 Å². The predicted octanol–water partition coefficient (Wildman–Crippen LogP) is 2.89. The SMILES string of the molecule is CCSc1n[n+]2c(c(=O)[nH]1)-c1ccccc1N(C(C)=O)[C@H]2c1ccccc1F. The number of H-pyrrole nitrogens is 1. The Morgan fingerprint density at radius 3 is 2.68 bits per heavy atom. The molecule has 0 spiro atoms. The number of thioether (sulfide) groups is 1. The number of hydrogen-bond donors (Lipinski definition) is 1. The highest BCUT2D eigenvalue weighted by Crippen LogP contribution is 2.37. The van der Waals surface area contributed by atoms with Crippen molar-refractivity contribution in [2.24, 2.45) is 0 Å². The maximum atomic E-state index is 14.8. The summed E-state index contributed by atoms with van der Waals surface area (Å²) >= 11 is 1.37. The lowest BCUT2D eigenvalue weighted by Gasteiger charge is -2.31. The molecule has 3 aromatic rings. The lowest BCUT2D eigenvalue weighted by molar-refractivity contribution is -0.763. The molecule has 6 nitrogen and oxygen atoms in total. The molecular weight excluding hydrogens is 379 g/mol. The molecule has 4 rings (SSSR count). The number of hydrogen-bond acceptors (Lipinski definition) is 4. The van der Waals surface area contributed by atoms with Gasteiger partial charge in [0.1, 0.15) is 5.82 Å². The highest BCUT2D eigenvalue weighted by atomic mass is 32.2. The number of aromatic amines is 1. The van der Waals surface area contributed by atoms with Gasteiger partial charge in [-0.05, 0) is 34.7 Å². The number of nitrogens with zero attached hydrogens (tertiary/aromatic N) is 3. The number of fused-ring (bicyclic) bond motifs is 3. The summed E-state index contributed by atoms with van der Waals surface area (Å²) in [5, 5.41) is 4.97. The van der Waals surface area contributed by atoms with E-state index in [9.17, 15) is 14.0 Å². The van der Waals surface area contributed by atoms with Crippen molar-refractivity contribution in [3.8, 4) is 11.3 Å². The highest BCUT2D eigenvalue weighted by molar-refractivity contribution is 7.99. The number of para-hydroxylation sites is 1. The summed E-state index contributed by atoms with van der Waals surface area (Å²) in [6, 6.07) is 13.3. The number of carbonyl (C=O) groups excluding carboxylic acids is 1. The Balaban J connectivity index is 2.09. The number of halogens is 1. The van der Waals surface area contributed by atoms with Crippen LogP contribution in [0.15, 0.2) is 58.5 Å². The second kappa shape index (κ2) is 7.20. The van der Waals surface area contributed by atoms with Gasteiger partial charge in [-0.2, -0.15) is 0 Å². The molecule has 0 saturated heterocycles. The van der Waals surface area contributed by atoms with E-state index in [2.05, 4.69) is 10.1 Å². The van der Waals surface area contributed by atoms with Gasteiger partial charge >= 0.3 is 11.3 Å². The average molecular weight is 397 g/mol. The Hall–Kier alpha value is -3.00. The zero-order chi connectivity index (χ0) is 19.8. The molecule has 2 aromatic carbocycles. The zero-order valence-corrected chi connectivity index (χ0v) is 16.2. The van der Waals surface area contributed by atoms with Gasteiger partial charge < -0.3 is 0 Å². The summed E-state index contributed by atoms with van der Waals surface area (Å²) in [4.78, 5) is 29.8. The zero-order valence-electron chi connectivity index (χ0n) is 15.3. The van der Waals surface area contributed by atoms with Crippen molar-refractivity contribution in [2.75, 3.05) is 10.7 Å². The van der Waals surface area contributed by atoms with Crippen LogP contribution >= 0.6 is 11.8 Å². The number of aromatic nitrogens is 3. The first kappa shape index (κ1) is 18.4. The van der Waals surface area contributed by atoms with Crippen LogP contribution < -0.4 is 15.1 Å². The number of carbonyl (C=O) groups is 1. The fourth-order valence-electron chi connectivity index (χ4n) is 3.48. The molecule has 1 amide bonds. The average Bonchev–Trinajstić information content (AvgIpc) is 2.67. The Morgan fingerprint density at radius 1 is 1.25 bits per heavy atom. The van der Waals surface area contributed by atoms with Gasteiger partial charge in [-0.25, -0.2) is 9.29 Å². The van der Waals surface area contributed by atoms with Crippen molar-refractivity contribution in [1.29, 1.82) is 0 Å². The van der Waals surface area contributed by atoms with Crippen LogP contribution in [0.1, 0.15) is 25.6 Å². The first-order valence-corrected chi connectivity index (χ1v) is 9.84. The van der Waals surface area contributed by atoms with Crippen LogP contribution in [0, 0.1) is 5.82 Å². The largest absolute Gasteiger partial charge is 0.325 e. The van der Waals surface area contributed by atoms with E-state index in [-0.39, 0.29) is 17.0 Å². The van der Waals surface area contributed by atoms with Crippen LogP contribution in [0.25, 0.3) is 11.3 Å². The van der Waals surface area contributed by atoms with E-state index in [0.717, 1.165) is 0 Å². The van der Waals surface area contributed by atoms with Crippen molar-refractivity contribution in [2.45, 2.75) is 25.2 Å². The van der Waals surface area contributed by atoms with Gasteiger partial charge in [0.2, 0.25) is 11.1 Å². The molecule has 1 aliphatic heterocycles. The molecule has 0 fully saturated rings. The normalized spacial score (nSPS) is 15.1. The smallest absolute Gasteiger partial charge is 0.291 e. The summed E-state index contributed by atoms with van der Waals surface area (Å²) in [7, 11) is 0. The third-order valence-electron chi connectivity index (χ3n) is 4.56. The molecule has 0 radical (unpaired) electrons. The number of benzene rings is 2. The lowest BCUT2D eigenvalue weighted by atomic mass is 10.0. The summed E-state index contributed by atoms with van der Waals surface area (Å²) in [5.41, 5.74) is 1.35. The first-order chi connectivity index (χ1) is 13.5. The van der Waals surface area contributed by atoms with E-state index >= 15 is 0 Å². The minimum atomic E-state index is -0.901. The van der Waals surface area contributed by atoms with E-state index in [1.54, 1.807) is 42.5 Å². The third kappa shape index (κ3) is 2.90. The number of anilines is 1. The van der Waals surface area contributed by atoms with Crippen molar-refractivity contribution >= 4 is 23.4 Å². The molecule has 1 aliphatic rings. The number of nitrogens with one attached hydrogen (secondary N) is 1. The van der Waals surface area contributed by atoms with Crippen LogP contribution in [0.2, 0.25) is 0 Å². The minimum absolute atomic E-state index is 0.268. The Bertz CT molecular complexity index is 1130. The fraction of sp³-hybridized carbons (Fsp3) is 0.200. The Morgan fingerprint density at radius 2 is 1.96 bits per heavy atom. The van der Waals surface area contributed by atoms with Gasteiger partial charge in [0.15, 0.2) is 0 Å². The standard InChI is InChI=1S/C20H17FN4O2S/c1-3-28-20-22-18(27)17-14-9-5-7-11-16(14)24(12(2)26)19(25(17)23-20)13-8-4-6-10-15(13)21/h4-11,19H,3H2,1-2H3/p+1/t19-/m1/s1. The molecule has 142 valence electrons. The molecule has 0 bridgehead atoms. The van der Waals surface area contributed by atoms with Crippen LogP contribution in [0.5, 0.6) is 0 Å². The molecule has 1 aromatic heterocycles. The summed E-state index contributed by atoms with van der Waals surface area (Å²) in [6.07, 6.45) is -0.901. The van der Waals surface area contributed by atoms with Crippen LogP contribution in [-0.2, 0) is 4.79 Å². The molecule has 0 aliphatic carbocycles. The molecule has 1 atom stereocenters. The number of amides is 1. The molecule has 0 unspecified atom stereocenters. The Kier molecular flexibility index (Phi) is 4.72. The maximum Gasteiger partial charge on any atom is 0.325 e. The van der Waals surface area contributed by atoms with Crippen molar-refractivity contribution < 1.29 is 13.9 Å². The lowest BCUT2D eigenvalue weighted by Crippen LogP contribution is -2.60. The van der Waals surface area contributed by atoms with Crippen molar-refractivity contribution in [1.82, 2.24) is 10.1 Å². The van der Waals surface area contributed by atoms with E-state index < -0.39 is 12.0 Å². The van der Waals surface area contributed by atoms with Gasteiger partial charge in [0.25, 0.3) is 6.17 Å². The van der Waals surface area contributed by atoms with Crippen LogP contribution in [0.4, 0.5) is 10.1 Å². The highest BCUT2D eigenvalue weighted by Gasteiger charge is 2.45. The van der Waals surface area contributed by atoms with Gasteiger partial charge in [-0.15, -0.1) is 0 Å². The van der Waals surface area contributed by atoms with E-state index in [1.165, 1.54) is 34.3 Å². The number of rotatable bonds is 3. The second-order valence-corrected chi connectivity index (χ2v) is 7.54. The van der Waals surface area contributed by atoms with Crippen molar-refractivity contribution in [3.05, 3.63) is 70.3 Å². The van der Waals surface area contributed by atoms with Crippen molar-refractivity contribution in [3.63, 3.8) is 0 Å². The van der Waals surface area contributed by atoms with Gasteiger partial charge in [-0.3, -0.25) is 14.6 Å². The van der Waals surface area contributed by atoms with Gasteiger partial charge in [-0.1, -0.05) is 43.0 Å². The molecule has 0 saturated carbocycles. The molecule has 28 heavy (non-hydrogen) atoms. The second-order valence-electron chi connectivity index (χ2n) is 6.29. The predicted molar refractivity (Wildman–Crippen MR) is 105 cm³/mol. The summed E-state index contributed by atoms with van der Waals surface area (Å²) < 4.78 is 16.2. The summed E-state index contributed by atoms with van der Waals surface area (Å²) in [6.45, 7) is 3.37. The monoisotopic (exact) mass is 397 g/mol. The van der Waals surface area contributed by atoms with Gasteiger partial charge in [0, 0.05) is 12.0 Å². The summed E-state index contributed by atoms with van der Waals surface area (Å²) in [5.74, 6) is -0.0337. The van der Waals surface area contributed by atoms with E-state index in [1.807, 2.05) is 6.92 Å². The molecule has 2 heterocycles. The van der Waals surface area contributed by atoms with Crippen LogP contribution in [-0.4, -0.2) is 21.7 Å². The topological polar surface area (TPSA) is 69.9 Å². The van der Waals surface area contributed by atoms with E-state index in [0.29, 0.717) is 27.9 Å². The quantitative estimate of drug-likeness (QED) is 0.545. The first-order valence-electron chi connectivity index (χ1n) is 8.85. The maximum absolute atomic E-state index is 14.8. The van der Waals surface area contributed by atoms with Crippen LogP contribution in [0.3, 0.4) is 0 Å². The fourth-order valence-corrected chi connectivity index (χ4v) is 4.06. The minimum Gasteiger partial charge on any atom is -0.291 e. The van der Waals surface area contributed by atoms with Gasteiger partial charge in [0.05, 0.1) is 16.8 Å². The molecular formula is C20H18FN4O2S+. The van der Waals surface area contributed by atoms with E-state index in [4.69, 9.17) is 0 Å². The molecule has 1 N–H and O–H groups in total. The molecule has 8 heteroatoms.